The first-order chi connectivity index (χ1) is 12.5. The number of carboxylic acid groups (broad SMARTS) is 1. The molecular weight excluding hydrogens is 398 g/mol. The molecule has 3 N–H and O–H groups in total. The van der Waals surface area contributed by atoms with Crippen LogP contribution in [0.2, 0.25) is 0 Å². The van der Waals surface area contributed by atoms with E-state index in [1.54, 1.807) is 12.4 Å². The zero-order valence-electron chi connectivity index (χ0n) is 14.0. The fraction of sp³-hybridized carbons (Fsp3) is 0.278. The minimum Gasteiger partial charge on any atom is -0.465 e. The number of anilines is 1. The number of carbonyl (C=O) groups is 1. The van der Waals surface area contributed by atoms with Crippen LogP contribution in [-0.4, -0.2) is 37.0 Å². The number of nitrogen functional groups attached to an aromatic ring is 1. The Bertz CT molecular complexity index is 974. The lowest BCUT2D eigenvalue weighted by atomic mass is 9.87. The smallest absolute Gasteiger partial charge is 0.408 e. The maximum atomic E-state index is 12.0. The first kappa shape index (κ1) is 16.8. The molecule has 2 aromatic heterocycles. The number of hydrogen-bond donors (Lipinski definition) is 2. The van der Waals surface area contributed by atoms with E-state index in [0.717, 1.165) is 12.0 Å². The fourth-order valence-corrected chi connectivity index (χ4v) is 4.50. The lowest BCUT2D eigenvalue weighted by Crippen LogP contribution is -2.47. The molecule has 1 aliphatic heterocycles. The van der Waals surface area contributed by atoms with E-state index in [9.17, 15) is 9.90 Å². The highest BCUT2D eigenvalue weighted by molar-refractivity contribution is 9.10. The highest BCUT2D eigenvalue weighted by atomic mass is 79.9. The van der Waals surface area contributed by atoms with E-state index in [0.29, 0.717) is 41.1 Å². The molecule has 1 aliphatic rings. The van der Waals surface area contributed by atoms with Crippen LogP contribution in [0.5, 0.6) is 0 Å². The van der Waals surface area contributed by atoms with E-state index in [1.165, 1.54) is 4.90 Å². The molecule has 0 spiro atoms. The van der Waals surface area contributed by atoms with Gasteiger partial charge < -0.3 is 10.8 Å². The minimum absolute atomic E-state index is 0.354. The van der Waals surface area contributed by atoms with Crippen LogP contribution in [-0.2, 0) is 12.0 Å². The molecule has 134 valence electrons. The van der Waals surface area contributed by atoms with Crippen molar-refractivity contribution in [3.05, 3.63) is 58.7 Å². The Hall–Kier alpha value is -2.61. The molecule has 4 rings (SSSR count). The van der Waals surface area contributed by atoms with E-state index in [4.69, 9.17) is 5.73 Å². The van der Waals surface area contributed by atoms with Crippen LogP contribution >= 0.6 is 15.9 Å². The Labute approximate surface area is 158 Å². The highest BCUT2D eigenvalue weighted by Crippen LogP contribution is 2.42. The Morgan fingerprint density at radius 2 is 2.12 bits per heavy atom. The van der Waals surface area contributed by atoms with Gasteiger partial charge in [0.05, 0.1) is 0 Å². The number of fused-ring (bicyclic) bond motifs is 1. The minimum atomic E-state index is -0.937. The summed E-state index contributed by atoms with van der Waals surface area (Å²) >= 11 is 3.46. The van der Waals surface area contributed by atoms with Crippen LogP contribution < -0.4 is 5.73 Å². The molecule has 0 unspecified atom stereocenters. The van der Waals surface area contributed by atoms with Crippen molar-refractivity contribution in [3.63, 3.8) is 0 Å². The zero-order valence-corrected chi connectivity index (χ0v) is 15.6. The predicted octanol–water partition coefficient (Wildman–Crippen LogP) is 3.29. The van der Waals surface area contributed by atoms with Gasteiger partial charge in [0.15, 0.2) is 5.82 Å². The molecule has 8 heteroatoms. The zero-order chi connectivity index (χ0) is 18.3. The predicted molar refractivity (Wildman–Crippen MR) is 101 cm³/mol. The van der Waals surface area contributed by atoms with E-state index in [1.807, 2.05) is 34.7 Å². The van der Waals surface area contributed by atoms with Gasteiger partial charge in [0, 0.05) is 25.4 Å². The summed E-state index contributed by atoms with van der Waals surface area (Å²) in [5.41, 5.74) is 7.00. The van der Waals surface area contributed by atoms with Crippen molar-refractivity contribution >= 4 is 33.4 Å². The first-order valence-corrected chi connectivity index (χ1v) is 9.15. The summed E-state index contributed by atoms with van der Waals surface area (Å²) in [6.45, 7) is 0.481. The van der Waals surface area contributed by atoms with Gasteiger partial charge in [-0.3, -0.25) is 9.30 Å². The molecule has 1 fully saturated rings. The summed E-state index contributed by atoms with van der Waals surface area (Å²) in [4.78, 5) is 22.4. The van der Waals surface area contributed by atoms with Crippen molar-refractivity contribution in [2.75, 3.05) is 12.3 Å². The molecule has 1 saturated heterocycles. The van der Waals surface area contributed by atoms with Gasteiger partial charge in [-0.1, -0.05) is 30.3 Å². The average molecular weight is 416 g/mol. The van der Waals surface area contributed by atoms with Gasteiger partial charge in [-0.05, 0) is 34.3 Å². The summed E-state index contributed by atoms with van der Waals surface area (Å²) in [5, 5.41) is 9.86. The van der Waals surface area contributed by atoms with Crippen LogP contribution in [0, 0.1) is 0 Å². The molecule has 1 amide bonds. The van der Waals surface area contributed by atoms with Crippen LogP contribution in [0.1, 0.15) is 24.2 Å². The van der Waals surface area contributed by atoms with E-state index >= 15 is 0 Å². The fourth-order valence-electron chi connectivity index (χ4n) is 3.94. The number of likely N-dealkylation sites (tertiary alicyclic amines) is 1. The molecule has 0 radical (unpaired) electrons. The molecule has 1 atom stereocenters. The number of halogens is 1. The third-order valence-electron chi connectivity index (χ3n) is 5.02. The van der Waals surface area contributed by atoms with Crippen molar-refractivity contribution in [2.45, 2.75) is 24.8 Å². The molecule has 7 nitrogen and oxygen atoms in total. The second-order valence-electron chi connectivity index (χ2n) is 6.49. The summed E-state index contributed by atoms with van der Waals surface area (Å²) < 4.78 is 2.43. The highest BCUT2D eigenvalue weighted by Gasteiger charge is 2.48. The topological polar surface area (TPSA) is 96.8 Å². The molecule has 0 aliphatic carbocycles. The van der Waals surface area contributed by atoms with Gasteiger partial charge in [-0.15, -0.1) is 0 Å². The Kier molecular flexibility index (Phi) is 4.07. The lowest BCUT2D eigenvalue weighted by molar-refractivity contribution is 0.0955. The lowest BCUT2D eigenvalue weighted by Gasteiger charge is -2.36. The SMILES string of the molecule is Nc1nccn2c([C@@]3(Cc4ccccc4)CCCN3C(=O)O)nc(Br)c12. The number of nitrogens with two attached hydrogens (primary N) is 1. The quantitative estimate of drug-likeness (QED) is 0.683. The van der Waals surface area contributed by atoms with Crippen molar-refractivity contribution < 1.29 is 9.90 Å². The van der Waals surface area contributed by atoms with E-state index in [2.05, 4.69) is 25.9 Å². The largest absolute Gasteiger partial charge is 0.465 e. The van der Waals surface area contributed by atoms with Gasteiger partial charge in [-0.25, -0.2) is 14.8 Å². The Morgan fingerprint density at radius 3 is 2.85 bits per heavy atom. The third-order valence-corrected chi connectivity index (χ3v) is 5.57. The molecular formula is C18H18BrN5O2. The number of imidazole rings is 1. The van der Waals surface area contributed by atoms with Gasteiger partial charge in [-0.2, -0.15) is 0 Å². The Balaban J connectivity index is 1.95. The molecule has 1 aromatic carbocycles. The van der Waals surface area contributed by atoms with Crippen LogP contribution in [0.25, 0.3) is 5.52 Å². The van der Waals surface area contributed by atoms with Crippen LogP contribution in [0.15, 0.2) is 47.3 Å². The normalized spacial score (nSPS) is 20.0. The summed E-state index contributed by atoms with van der Waals surface area (Å²) in [7, 11) is 0. The number of nitrogens with zero attached hydrogens (tertiary/aromatic N) is 4. The van der Waals surface area contributed by atoms with Gasteiger partial charge in [0.25, 0.3) is 0 Å². The molecule has 0 bridgehead atoms. The third kappa shape index (κ3) is 2.52. The number of aromatic nitrogens is 3. The summed E-state index contributed by atoms with van der Waals surface area (Å²) in [5.74, 6) is 1.02. The summed E-state index contributed by atoms with van der Waals surface area (Å²) in [6.07, 6.45) is 4.48. The van der Waals surface area contributed by atoms with Crippen LogP contribution in [0.3, 0.4) is 0 Å². The molecule has 26 heavy (non-hydrogen) atoms. The number of hydrogen-bond acceptors (Lipinski definition) is 4. The second kappa shape index (κ2) is 6.28. The molecule has 3 heterocycles. The monoisotopic (exact) mass is 415 g/mol. The van der Waals surface area contributed by atoms with E-state index in [-0.39, 0.29) is 0 Å². The average Bonchev–Trinajstić information content (AvgIpc) is 3.19. The van der Waals surface area contributed by atoms with Gasteiger partial charge in [0.1, 0.15) is 21.5 Å². The number of benzene rings is 1. The van der Waals surface area contributed by atoms with Gasteiger partial charge >= 0.3 is 6.09 Å². The maximum absolute atomic E-state index is 12.0. The second-order valence-corrected chi connectivity index (χ2v) is 7.24. The molecule has 0 saturated carbocycles. The standard InChI is InChI=1S/C18H18BrN5O2/c19-14-13-15(20)21-8-10-23(13)16(22-14)18(7-4-9-24(18)17(25)26)11-12-5-2-1-3-6-12/h1-3,5-6,8,10H,4,7,9,11H2,(H2,20,21)(H,25,26)/t18-/m0/s1. The number of amides is 1. The van der Waals surface area contributed by atoms with Crippen molar-refractivity contribution in [1.82, 2.24) is 19.3 Å². The number of rotatable bonds is 3. The van der Waals surface area contributed by atoms with Crippen molar-refractivity contribution in [1.29, 1.82) is 0 Å². The van der Waals surface area contributed by atoms with Crippen LogP contribution in [0.4, 0.5) is 10.6 Å². The Morgan fingerprint density at radius 1 is 1.35 bits per heavy atom. The van der Waals surface area contributed by atoms with Crippen molar-refractivity contribution in [2.24, 2.45) is 0 Å². The van der Waals surface area contributed by atoms with E-state index < -0.39 is 11.6 Å². The molecule has 3 aromatic rings. The van der Waals surface area contributed by atoms with Gasteiger partial charge in [0.2, 0.25) is 0 Å². The first-order valence-electron chi connectivity index (χ1n) is 8.36. The summed E-state index contributed by atoms with van der Waals surface area (Å²) in [6, 6.07) is 9.91. The maximum Gasteiger partial charge on any atom is 0.408 e. The van der Waals surface area contributed by atoms with Crippen molar-refractivity contribution in [3.8, 4) is 0 Å².